The lowest BCUT2D eigenvalue weighted by molar-refractivity contribution is -0.163. The Bertz CT molecular complexity index is 1510. The first kappa shape index (κ1) is 34.0. The standard InChI is InChI=1S/C42H45NO4/c1-2-39(43(28-34-18-8-3-9-19-34)29-35-20-10-4-11-21-35)41(46-31-37-24-14-6-15-25-37)42(47-32-38-26-16-7-17-27-38)40(44)33-45-30-36-22-12-5-13-23-36/h2-27,39-42,44H,1,28-33H2/t39-,40+,41+,42+/m0/s1. The van der Waals surface area contributed by atoms with Crippen LogP contribution in [0.5, 0.6) is 0 Å². The molecule has 5 aromatic rings. The molecule has 0 aliphatic carbocycles. The highest BCUT2D eigenvalue weighted by Crippen LogP contribution is 2.25. The van der Waals surface area contributed by atoms with Crippen LogP contribution in [0.15, 0.2) is 164 Å². The highest BCUT2D eigenvalue weighted by Gasteiger charge is 2.38. The van der Waals surface area contributed by atoms with Crippen molar-refractivity contribution in [3.05, 3.63) is 192 Å². The topological polar surface area (TPSA) is 51.2 Å². The van der Waals surface area contributed by atoms with E-state index in [1.54, 1.807) is 0 Å². The number of aliphatic hydroxyl groups is 1. The quantitative estimate of drug-likeness (QED) is 0.0941. The van der Waals surface area contributed by atoms with Gasteiger partial charge in [-0.1, -0.05) is 158 Å². The number of hydrogen-bond acceptors (Lipinski definition) is 5. The third kappa shape index (κ3) is 10.9. The third-order valence-electron chi connectivity index (χ3n) is 8.13. The molecule has 0 spiro atoms. The van der Waals surface area contributed by atoms with Crippen molar-refractivity contribution in [2.45, 2.75) is 57.3 Å². The summed E-state index contributed by atoms with van der Waals surface area (Å²) < 4.78 is 19.5. The van der Waals surface area contributed by atoms with E-state index in [4.69, 9.17) is 14.2 Å². The van der Waals surface area contributed by atoms with Gasteiger partial charge >= 0.3 is 0 Å². The summed E-state index contributed by atoms with van der Waals surface area (Å²) in [5.41, 5.74) is 5.43. The molecule has 5 rings (SSSR count). The van der Waals surface area contributed by atoms with Gasteiger partial charge in [0, 0.05) is 13.1 Å². The number of nitrogens with zero attached hydrogens (tertiary/aromatic N) is 1. The van der Waals surface area contributed by atoms with Crippen LogP contribution >= 0.6 is 0 Å². The minimum atomic E-state index is -0.971. The minimum absolute atomic E-state index is 0.0841. The summed E-state index contributed by atoms with van der Waals surface area (Å²) in [7, 11) is 0. The average molecular weight is 628 g/mol. The molecule has 0 heterocycles. The maximum Gasteiger partial charge on any atom is 0.114 e. The molecule has 5 heteroatoms. The van der Waals surface area contributed by atoms with Crippen LogP contribution in [0.3, 0.4) is 0 Å². The first-order valence-corrected chi connectivity index (χ1v) is 16.2. The molecule has 4 atom stereocenters. The SMILES string of the molecule is C=C[C@@H]([C@@H](OCc1ccccc1)[C@H](OCc1ccccc1)[C@H](O)COCc1ccccc1)N(Cc1ccccc1)Cc1ccccc1. The van der Waals surface area contributed by atoms with Gasteiger partial charge in [-0.25, -0.2) is 0 Å². The molecular weight excluding hydrogens is 582 g/mol. The highest BCUT2D eigenvalue weighted by molar-refractivity contribution is 5.20. The Kier molecular flexibility index (Phi) is 13.5. The zero-order valence-electron chi connectivity index (χ0n) is 26.9. The van der Waals surface area contributed by atoms with E-state index in [9.17, 15) is 5.11 Å². The van der Waals surface area contributed by atoms with Gasteiger partial charge in [-0.3, -0.25) is 4.90 Å². The van der Waals surface area contributed by atoms with Crippen molar-refractivity contribution in [1.82, 2.24) is 4.90 Å². The number of hydrogen-bond donors (Lipinski definition) is 1. The van der Waals surface area contributed by atoms with Gasteiger partial charge in [-0.05, 0) is 27.8 Å². The molecule has 5 nitrogen and oxygen atoms in total. The Hall–Kier alpha value is -4.36. The van der Waals surface area contributed by atoms with Crippen molar-refractivity contribution in [3.8, 4) is 0 Å². The van der Waals surface area contributed by atoms with Crippen LogP contribution in [0.25, 0.3) is 0 Å². The maximum atomic E-state index is 11.9. The van der Waals surface area contributed by atoms with E-state index in [-0.39, 0.29) is 12.6 Å². The van der Waals surface area contributed by atoms with Gasteiger partial charge in [-0.2, -0.15) is 0 Å². The van der Waals surface area contributed by atoms with Crippen molar-refractivity contribution >= 4 is 0 Å². The van der Waals surface area contributed by atoms with Gasteiger partial charge in [0.25, 0.3) is 0 Å². The fraction of sp³-hybridized carbons (Fsp3) is 0.238. The smallest absolute Gasteiger partial charge is 0.114 e. The maximum absolute atomic E-state index is 11.9. The van der Waals surface area contributed by atoms with Crippen molar-refractivity contribution in [1.29, 1.82) is 0 Å². The summed E-state index contributed by atoms with van der Waals surface area (Å²) in [5.74, 6) is 0. The van der Waals surface area contributed by atoms with Crippen molar-refractivity contribution in [3.63, 3.8) is 0 Å². The summed E-state index contributed by atoms with van der Waals surface area (Å²) in [5, 5.41) is 11.9. The number of aliphatic hydroxyl groups excluding tert-OH is 1. The largest absolute Gasteiger partial charge is 0.388 e. The van der Waals surface area contributed by atoms with Gasteiger partial charge in [0.05, 0.1) is 32.5 Å². The summed E-state index contributed by atoms with van der Waals surface area (Å²) in [6, 6.07) is 50.6. The summed E-state index contributed by atoms with van der Waals surface area (Å²) >= 11 is 0. The van der Waals surface area contributed by atoms with E-state index in [1.165, 1.54) is 11.1 Å². The van der Waals surface area contributed by atoms with Crippen molar-refractivity contribution in [2.24, 2.45) is 0 Å². The second-order valence-electron chi connectivity index (χ2n) is 11.7. The van der Waals surface area contributed by atoms with Crippen LogP contribution in [0.2, 0.25) is 0 Å². The van der Waals surface area contributed by atoms with Crippen LogP contribution < -0.4 is 0 Å². The van der Waals surface area contributed by atoms with E-state index in [0.29, 0.717) is 32.9 Å². The highest BCUT2D eigenvalue weighted by atomic mass is 16.6. The first-order valence-electron chi connectivity index (χ1n) is 16.2. The summed E-state index contributed by atoms with van der Waals surface area (Å²) in [4.78, 5) is 2.35. The Morgan fingerprint density at radius 2 is 0.872 bits per heavy atom. The van der Waals surface area contributed by atoms with E-state index in [0.717, 1.165) is 16.7 Å². The molecule has 0 unspecified atom stereocenters. The van der Waals surface area contributed by atoms with Crippen LogP contribution in [0.1, 0.15) is 27.8 Å². The third-order valence-corrected chi connectivity index (χ3v) is 8.13. The first-order chi connectivity index (χ1) is 23.2. The molecule has 0 aliphatic rings. The Morgan fingerprint density at radius 3 is 1.28 bits per heavy atom. The van der Waals surface area contributed by atoms with Gasteiger partial charge in [0.2, 0.25) is 0 Å². The van der Waals surface area contributed by atoms with Crippen LogP contribution in [0.4, 0.5) is 0 Å². The number of benzene rings is 5. The number of rotatable bonds is 19. The summed E-state index contributed by atoms with van der Waals surface area (Å²) in [6.45, 7) is 6.76. The number of ether oxygens (including phenoxy) is 3. The molecule has 0 saturated heterocycles. The van der Waals surface area contributed by atoms with Gasteiger partial charge in [0.15, 0.2) is 0 Å². The molecule has 5 aromatic carbocycles. The molecule has 0 amide bonds. The fourth-order valence-corrected chi connectivity index (χ4v) is 5.71. The second kappa shape index (κ2) is 18.7. The monoisotopic (exact) mass is 627 g/mol. The van der Waals surface area contributed by atoms with Gasteiger partial charge in [-0.15, -0.1) is 6.58 Å². The molecular formula is C42H45NO4. The zero-order valence-corrected chi connectivity index (χ0v) is 26.9. The van der Waals surface area contributed by atoms with Crippen LogP contribution in [0, 0.1) is 0 Å². The summed E-state index contributed by atoms with van der Waals surface area (Å²) in [6.07, 6.45) is -0.357. The molecule has 0 aromatic heterocycles. The van der Waals surface area contributed by atoms with E-state index >= 15 is 0 Å². The van der Waals surface area contributed by atoms with E-state index in [2.05, 4.69) is 60.0 Å². The lowest BCUT2D eigenvalue weighted by Gasteiger charge is -2.40. The second-order valence-corrected chi connectivity index (χ2v) is 11.7. The average Bonchev–Trinajstić information content (AvgIpc) is 3.13. The Morgan fingerprint density at radius 1 is 0.511 bits per heavy atom. The van der Waals surface area contributed by atoms with E-state index < -0.39 is 18.3 Å². The lowest BCUT2D eigenvalue weighted by Crippen LogP contribution is -2.54. The van der Waals surface area contributed by atoms with E-state index in [1.807, 2.05) is 109 Å². The predicted octanol–water partition coefficient (Wildman–Crippen LogP) is 7.99. The lowest BCUT2D eigenvalue weighted by atomic mass is 9.97. The van der Waals surface area contributed by atoms with Crippen molar-refractivity contribution in [2.75, 3.05) is 6.61 Å². The molecule has 0 radical (unpaired) electrons. The van der Waals surface area contributed by atoms with Crippen molar-refractivity contribution < 1.29 is 19.3 Å². The van der Waals surface area contributed by atoms with Gasteiger partial charge in [0.1, 0.15) is 18.3 Å². The normalized spacial score (nSPS) is 13.9. The molecule has 0 fully saturated rings. The molecule has 0 bridgehead atoms. The zero-order chi connectivity index (χ0) is 32.5. The molecule has 0 saturated carbocycles. The predicted molar refractivity (Wildman–Crippen MR) is 188 cm³/mol. The fourth-order valence-electron chi connectivity index (χ4n) is 5.71. The molecule has 1 N–H and O–H groups in total. The van der Waals surface area contributed by atoms with Crippen LogP contribution in [-0.2, 0) is 47.1 Å². The van der Waals surface area contributed by atoms with Crippen LogP contribution in [-0.4, -0.2) is 41.0 Å². The molecule has 0 aliphatic heterocycles. The molecule has 242 valence electrons. The Labute approximate surface area is 279 Å². The minimum Gasteiger partial charge on any atom is -0.388 e. The van der Waals surface area contributed by atoms with Gasteiger partial charge < -0.3 is 19.3 Å². The molecule has 47 heavy (non-hydrogen) atoms. The Balaban J connectivity index is 1.47.